The molecule has 2 heterocycles. The average Bonchev–Trinajstić information content (AvgIpc) is 2.76. The molecule has 0 amide bonds. The standard InChI is InChI=1S/C13H10O.C13H10S/c2*1-3-7-12-10(5-1)9-11-6-2-4-8-13(11)14-12/h2*1-8H,9H2. The predicted octanol–water partition coefficient (Wildman–Crippen LogP) is 7.13. The molecule has 0 saturated carbocycles. The monoisotopic (exact) mass is 380 g/mol. The van der Waals surface area contributed by atoms with E-state index in [4.69, 9.17) is 4.74 Å². The van der Waals surface area contributed by atoms with Crippen LogP contribution in [0.2, 0.25) is 0 Å². The molecule has 4 aromatic rings. The number of ether oxygens (including phenoxy) is 1. The zero-order valence-electron chi connectivity index (χ0n) is 15.5. The molecule has 0 N–H and O–H groups in total. The fourth-order valence-electron chi connectivity index (χ4n) is 3.65. The highest BCUT2D eigenvalue weighted by molar-refractivity contribution is 7.99. The molecule has 136 valence electrons. The number of rotatable bonds is 0. The highest BCUT2D eigenvalue weighted by atomic mass is 32.2. The van der Waals surface area contributed by atoms with E-state index in [1.807, 2.05) is 36.0 Å². The van der Waals surface area contributed by atoms with Crippen LogP contribution in [0.15, 0.2) is 107 Å². The predicted molar refractivity (Wildman–Crippen MR) is 116 cm³/mol. The lowest BCUT2D eigenvalue weighted by Crippen LogP contribution is -2.01. The van der Waals surface area contributed by atoms with Gasteiger partial charge >= 0.3 is 0 Å². The lowest BCUT2D eigenvalue weighted by molar-refractivity contribution is 0.460. The first-order chi connectivity index (χ1) is 13.9. The first kappa shape index (κ1) is 17.2. The smallest absolute Gasteiger partial charge is 0.130 e. The van der Waals surface area contributed by atoms with Crippen LogP contribution in [-0.4, -0.2) is 0 Å². The minimum absolute atomic E-state index is 0.979. The summed E-state index contributed by atoms with van der Waals surface area (Å²) in [6.07, 6.45) is 2.06. The van der Waals surface area contributed by atoms with Crippen molar-refractivity contribution in [2.45, 2.75) is 22.6 Å². The van der Waals surface area contributed by atoms with Gasteiger partial charge in [0, 0.05) is 16.2 Å². The quantitative estimate of drug-likeness (QED) is 0.277. The molecule has 28 heavy (non-hydrogen) atoms. The average molecular weight is 381 g/mol. The SMILES string of the molecule is c1ccc2c(c1)Cc1ccccc1O2.c1ccc2c(c1)Cc1ccccc1S2. The molecular weight excluding hydrogens is 360 g/mol. The van der Waals surface area contributed by atoms with Gasteiger partial charge in [-0.05, 0) is 52.9 Å². The largest absolute Gasteiger partial charge is 0.457 e. The molecule has 0 aliphatic carbocycles. The van der Waals surface area contributed by atoms with Gasteiger partial charge in [-0.15, -0.1) is 0 Å². The van der Waals surface area contributed by atoms with Gasteiger partial charge in [0.25, 0.3) is 0 Å². The van der Waals surface area contributed by atoms with Crippen molar-refractivity contribution in [2.24, 2.45) is 0 Å². The molecule has 0 unspecified atom stereocenters. The second kappa shape index (κ2) is 7.57. The number of fused-ring (bicyclic) bond motifs is 4. The third kappa shape index (κ3) is 3.44. The zero-order valence-corrected chi connectivity index (χ0v) is 16.3. The Morgan fingerprint density at radius 2 is 0.857 bits per heavy atom. The maximum atomic E-state index is 5.78. The molecule has 0 saturated heterocycles. The molecule has 0 radical (unpaired) electrons. The van der Waals surface area contributed by atoms with Crippen molar-refractivity contribution in [1.29, 1.82) is 0 Å². The van der Waals surface area contributed by atoms with Gasteiger partial charge in [-0.2, -0.15) is 0 Å². The van der Waals surface area contributed by atoms with Crippen LogP contribution in [0.1, 0.15) is 22.3 Å². The summed E-state index contributed by atoms with van der Waals surface area (Å²) in [5.74, 6) is 1.98. The molecule has 0 fully saturated rings. The van der Waals surface area contributed by atoms with E-state index in [9.17, 15) is 0 Å². The fraction of sp³-hybridized carbons (Fsp3) is 0.0769. The first-order valence-corrected chi connectivity index (χ1v) is 10.4. The van der Waals surface area contributed by atoms with Crippen LogP contribution in [0.25, 0.3) is 0 Å². The summed E-state index contributed by atoms with van der Waals surface area (Å²) in [5, 5.41) is 0. The van der Waals surface area contributed by atoms with Crippen LogP contribution in [0, 0.1) is 0 Å². The Morgan fingerprint density at radius 3 is 1.39 bits per heavy atom. The zero-order chi connectivity index (χ0) is 18.8. The summed E-state index contributed by atoms with van der Waals surface area (Å²) in [4.78, 5) is 2.82. The normalized spacial score (nSPS) is 12.9. The van der Waals surface area contributed by atoms with Crippen molar-refractivity contribution in [3.63, 3.8) is 0 Å². The Hall–Kier alpha value is -2.97. The number of para-hydroxylation sites is 2. The van der Waals surface area contributed by atoms with Crippen molar-refractivity contribution in [2.75, 3.05) is 0 Å². The highest BCUT2D eigenvalue weighted by Gasteiger charge is 2.15. The molecule has 0 spiro atoms. The Labute approximate surface area is 170 Å². The van der Waals surface area contributed by atoms with Gasteiger partial charge in [0.05, 0.1) is 0 Å². The summed E-state index contributed by atoms with van der Waals surface area (Å²) in [6, 6.07) is 33.7. The van der Waals surface area contributed by atoms with Crippen molar-refractivity contribution >= 4 is 11.8 Å². The van der Waals surface area contributed by atoms with E-state index in [0.29, 0.717) is 0 Å². The number of benzene rings is 4. The molecule has 0 aromatic heterocycles. The van der Waals surface area contributed by atoms with E-state index >= 15 is 0 Å². The van der Waals surface area contributed by atoms with Crippen LogP contribution < -0.4 is 4.74 Å². The molecule has 2 heteroatoms. The van der Waals surface area contributed by atoms with Gasteiger partial charge in [0.1, 0.15) is 11.5 Å². The Bertz CT molecular complexity index is 866. The Kier molecular flexibility index (Phi) is 4.64. The van der Waals surface area contributed by atoms with Gasteiger partial charge in [-0.1, -0.05) is 84.6 Å². The third-order valence-electron chi connectivity index (χ3n) is 5.09. The van der Waals surface area contributed by atoms with E-state index in [0.717, 1.165) is 24.3 Å². The van der Waals surface area contributed by atoms with Crippen molar-refractivity contribution < 1.29 is 4.74 Å². The van der Waals surface area contributed by atoms with E-state index in [1.54, 1.807) is 0 Å². The maximum absolute atomic E-state index is 5.78. The lowest BCUT2D eigenvalue weighted by Gasteiger charge is -2.19. The van der Waals surface area contributed by atoms with Crippen LogP contribution in [-0.2, 0) is 12.8 Å². The first-order valence-electron chi connectivity index (χ1n) is 9.54. The van der Waals surface area contributed by atoms with E-state index < -0.39 is 0 Å². The van der Waals surface area contributed by atoms with E-state index in [1.165, 1.54) is 32.0 Å². The summed E-state index contributed by atoms with van der Waals surface area (Å²) < 4.78 is 5.78. The molecule has 6 rings (SSSR count). The summed E-state index contributed by atoms with van der Waals surface area (Å²) in [6.45, 7) is 0. The summed E-state index contributed by atoms with van der Waals surface area (Å²) in [5.41, 5.74) is 5.45. The second-order valence-electron chi connectivity index (χ2n) is 6.99. The van der Waals surface area contributed by atoms with E-state index in [2.05, 4.69) is 72.8 Å². The summed E-state index contributed by atoms with van der Waals surface area (Å²) >= 11 is 1.88. The van der Waals surface area contributed by atoms with Crippen LogP contribution in [0.4, 0.5) is 0 Å². The molecule has 4 aromatic carbocycles. The number of hydrogen-bond donors (Lipinski definition) is 0. The highest BCUT2D eigenvalue weighted by Crippen LogP contribution is 2.39. The second-order valence-corrected chi connectivity index (χ2v) is 8.07. The minimum Gasteiger partial charge on any atom is -0.457 e. The van der Waals surface area contributed by atoms with Crippen LogP contribution in [0.3, 0.4) is 0 Å². The van der Waals surface area contributed by atoms with Crippen molar-refractivity contribution in [1.82, 2.24) is 0 Å². The van der Waals surface area contributed by atoms with Crippen LogP contribution in [0.5, 0.6) is 11.5 Å². The molecule has 0 bridgehead atoms. The van der Waals surface area contributed by atoms with Gasteiger partial charge in [-0.25, -0.2) is 0 Å². The Balaban J connectivity index is 0.000000122. The van der Waals surface area contributed by atoms with E-state index in [-0.39, 0.29) is 0 Å². The van der Waals surface area contributed by atoms with Gasteiger partial charge in [0.15, 0.2) is 0 Å². The van der Waals surface area contributed by atoms with Crippen molar-refractivity contribution in [3.05, 3.63) is 119 Å². The molecule has 2 aliphatic rings. The molecule has 2 aliphatic heterocycles. The minimum atomic E-state index is 0.979. The third-order valence-corrected chi connectivity index (χ3v) is 6.33. The maximum Gasteiger partial charge on any atom is 0.130 e. The van der Waals surface area contributed by atoms with Crippen LogP contribution >= 0.6 is 11.8 Å². The van der Waals surface area contributed by atoms with Gasteiger partial charge in [0.2, 0.25) is 0 Å². The van der Waals surface area contributed by atoms with Crippen molar-refractivity contribution in [3.8, 4) is 11.5 Å². The topological polar surface area (TPSA) is 9.23 Å². The number of hydrogen-bond acceptors (Lipinski definition) is 2. The van der Waals surface area contributed by atoms with Gasteiger partial charge in [-0.3, -0.25) is 0 Å². The lowest BCUT2D eigenvalue weighted by atomic mass is 10.0. The fourth-order valence-corrected chi connectivity index (χ4v) is 4.72. The summed E-state index contributed by atoms with van der Waals surface area (Å²) in [7, 11) is 0. The molecule has 1 nitrogen and oxygen atoms in total. The van der Waals surface area contributed by atoms with Gasteiger partial charge < -0.3 is 4.74 Å². The molecular formula is C26H20OS. The molecule has 0 atom stereocenters. The Morgan fingerprint density at radius 1 is 0.464 bits per heavy atom.